The topological polar surface area (TPSA) is 46.5 Å². The van der Waals surface area contributed by atoms with E-state index in [1.54, 1.807) is 0 Å². The lowest BCUT2D eigenvalue weighted by Gasteiger charge is -2.12. The second-order valence-corrected chi connectivity index (χ2v) is 5.50. The molecule has 1 atom stereocenters. The van der Waals surface area contributed by atoms with E-state index < -0.39 is 0 Å². The van der Waals surface area contributed by atoms with E-state index in [4.69, 9.17) is 9.29 Å². The highest BCUT2D eigenvalue weighted by atomic mass is 32.2. The number of fused-ring (bicyclic) bond motifs is 1. The average Bonchev–Trinajstić information content (AvgIpc) is 2.47. The van der Waals surface area contributed by atoms with Crippen LogP contribution < -0.4 is 0 Å². The molecule has 0 spiro atoms. The van der Waals surface area contributed by atoms with E-state index in [0.29, 0.717) is 12.2 Å². The van der Waals surface area contributed by atoms with Crippen LogP contribution in [0.3, 0.4) is 0 Å². The molecule has 0 aliphatic heterocycles. The molecule has 0 heterocycles. The molecule has 1 unspecified atom stereocenters. The van der Waals surface area contributed by atoms with Crippen LogP contribution in [0.25, 0.3) is 10.8 Å². The Kier molecular flexibility index (Phi) is 5.44. The molecule has 2 aromatic carbocycles. The maximum atomic E-state index is 11.8. The van der Waals surface area contributed by atoms with Crippen LogP contribution in [-0.2, 0) is 15.4 Å². The van der Waals surface area contributed by atoms with E-state index in [1.807, 2.05) is 31.2 Å². The number of aliphatic hydroxyl groups excluding tert-OH is 1. The number of rotatable bonds is 6. The van der Waals surface area contributed by atoms with Gasteiger partial charge in [-0.2, -0.15) is 0 Å². The van der Waals surface area contributed by atoms with Crippen LogP contribution in [0, 0.1) is 5.92 Å². The lowest BCUT2D eigenvalue weighted by molar-refractivity contribution is -0.136. The van der Waals surface area contributed by atoms with Gasteiger partial charge in [0.15, 0.2) is 0 Å². The molecule has 0 saturated carbocycles. The molecule has 3 nitrogen and oxygen atoms in total. The predicted molar refractivity (Wildman–Crippen MR) is 82.5 cm³/mol. The Balaban J connectivity index is 2.06. The van der Waals surface area contributed by atoms with Crippen LogP contribution in [-0.4, -0.2) is 23.4 Å². The van der Waals surface area contributed by atoms with Crippen molar-refractivity contribution in [2.45, 2.75) is 13.3 Å². The largest absolute Gasteiger partial charge is 0.395 e. The van der Waals surface area contributed by atoms with Crippen LogP contribution in [0.2, 0.25) is 0 Å². The highest BCUT2D eigenvalue weighted by Crippen LogP contribution is 2.22. The molecule has 1 N–H and O–H groups in total. The van der Waals surface area contributed by atoms with Gasteiger partial charge in [0.25, 0.3) is 0 Å². The number of benzene rings is 2. The monoisotopic (exact) mass is 290 g/mol. The summed E-state index contributed by atoms with van der Waals surface area (Å²) < 4.78 is 5.05. The van der Waals surface area contributed by atoms with Gasteiger partial charge < -0.3 is 9.29 Å². The summed E-state index contributed by atoms with van der Waals surface area (Å²) in [6.07, 6.45) is 0.653. The van der Waals surface area contributed by atoms with E-state index in [9.17, 15) is 4.79 Å². The molecule has 0 aliphatic rings. The number of carbonyl (C=O) groups is 1. The first kappa shape index (κ1) is 14.9. The SMILES string of the molecule is CC(Cc1cccc2ccccc12)C(=O)OSCCO. The van der Waals surface area contributed by atoms with Gasteiger partial charge in [0.2, 0.25) is 0 Å². The maximum absolute atomic E-state index is 11.8. The predicted octanol–water partition coefficient (Wildman–Crippen LogP) is 3.20. The van der Waals surface area contributed by atoms with Crippen LogP contribution in [0.1, 0.15) is 12.5 Å². The molecule has 2 aromatic rings. The van der Waals surface area contributed by atoms with Crippen molar-refractivity contribution in [3.63, 3.8) is 0 Å². The summed E-state index contributed by atoms with van der Waals surface area (Å²) in [5.41, 5.74) is 1.15. The van der Waals surface area contributed by atoms with Crippen molar-refractivity contribution in [1.82, 2.24) is 0 Å². The van der Waals surface area contributed by atoms with Crippen LogP contribution >= 0.6 is 12.0 Å². The number of hydrogen-bond acceptors (Lipinski definition) is 4. The fourth-order valence-electron chi connectivity index (χ4n) is 2.10. The lowest BCUT2D eigenvalue weighted by Crippen LogP contribution is -2.15. The van der Waals surface area contributed by atoms with Crippen molar-refractivity contribution in [2.24, 2.45) is 5.92 Å². The molecule has 4 heteroatoms. The zero-order valence-corrected chi connectivity index (χ0v) is 12.2. The maximum Gasteiger partial charge on any atom is 0.321 e. The fourth-order valence-corrected chi connectivity index (χ4v) is 2.54. The third-order valence-electron chi connectivity index (χ3n) is 3.12. The molecule has 0 fully saturated rings. The van der Waals surface area contributed by atoms with Crippen LogP contribution in [0.15, 0.2) is 42.5 Å². The number of carbonyl (C=O) groups excluding carboxylic acids is 1. The van der Waals surface area contributed by atoms with E-state index in [0.717, 1.165) is 17.6 Å². The van der Waals surface area contributed by atoms with Gasteiger partial charge in [-0.3, -0.25) is 4.79 Å². The van der Waals surface area contributed by atoms with E-state index in [2.05, 4.69) is 18.2 Å². The van der Waals surface area contributed by atoms with Gasteiger partial charge in [-0.05, 0) is 22.8 Å². The molecule has 0 aliphatic carbocycles. The fraction of sp³-hybridized carbons (Fsp3) is 0.312. The van der Waals surface area contributed by atoms with Gasteiger partial charge in [0.05, 0.1) is 30.3 Å². The number of hydrogen-bond donors (Lipinski definition) is 1. The highest BCUT2D eigenvalue weighted by molar-refractivity contribution is 7.95. The standard InChI is InChI=1S/C16H18O3S/c1-12(16(18)19-20-10-9-17)11-14-7-4-6-13-5-2-3-8-15(13)14/h2-8,12,17H,9-11H2,1H3. The van der Waals surface area contributed by atoms with Gasteiger partial charge in [0.1, 0.15) is 0 Å². The smallest absolute Gasteiger partial charge is 0.321 e. The Morgan fingerprint density at radius 1 is 1.25 bits per heavy atom. The summed E-state index contributed by atoms with van der Waals surface area (Å²) in [5.74, 6) is -0.0319. The van der Waals surface area contributed by atoms with Crippen molar-refractivity contribution in [1.29, 1.82) is 0 Å². The zero-order chi connectivity index (χ0) is 14.4. The molecular weight excluding hydrogens is 272 g/mol. The zero-order valence-electron chi connectivity index (χ0n) is 11.4. The third kappa shape index (κ3) is 3.74. The van der Waals surface area contributed by atoms with Gasteiger partial charge in [-0.1, -0.05) is 49.4 Å². The van der Waals surface area contributed by atoms with Crippen molar-refractivity contribution in [3.8, 4) is 0 Å². The van der Waals surface area contributed by atoms with Gasteiger partial charge in [0, 0.05) is 0 Å². The Morgan fingerprint density at radius 2 is 2.00 bits per heavy atom. The highest BCUT2D eigenvalue weighted by Gasteiger charge is 2.16. The Hall–Kier alpha value is -1.52. The quantitative estimate of drug-likeness (QED) is 0.655. The molecule has 0 radical (unpaired) electrons. The summed E-state index contributed by atoms with van der Waals surface area (Å²) in [6.45, 7) is 1.87. The summed E-state index contributed by atoms with van der Waals surface area (Å²) in [5, 5.41) is 11.0. The first-order valence-electron chi connectivity index (χ1n) is 6.63. The van der Waals surface area contributed by atoms with Crippen LogP contribution in [0.5, 0.6) is 0 Å². The lowest BCUT2D eigenvalue weighted by atomic mass is 9.96. The molecule has 106 valence electrons. The van der Waals surface area contributed by atoms with Gasteiger partial charge >= 0.3 is 5.97 Å². The molecular formula is C16H18O3S. The molecule has 2 rings (SSSR count). The van der Waals surface area contributed by atoms with E-state index >= 15 is 0 Å². The molecule has 0 bridgehead atoms. The van der Waals surface area contributed by atoms with Crippen molar-refractivity contribution >= 4 is 28.8 Å². The van der Waals surface area contributed by atoms with Crippen LogP contribution in [0.4, 0.5) is 0 Å². The first-order valence-corrected chi connectivity index (χ1v) is 7.54. The minimum Gasteiger partial charge on any atom is -0.395 e. The molecule has 0 amide bonds. The van der Waals surface area contributed by atoms with Crippen molar-refractivity contribution in [3.05, 3.63) is 48.0 Å². The Bertz CT molecular complexity index is 577. The van der Waals surface area contributed by atoms with Gasteiger partial charge in [-0.25, -0.2) is 0 Å². The third-order valence-corrected chi connectivity index (χ3v) is 3.76. The first-order chi connectivity index (χ1) is 9.72. The summed E-state index contributed by atoms with van der Waals surface area (Å²) in [6, 6.07) is 14.3. The number of aliphatic hydroxyl groups is 1. The second-order valence-electron chi connectivity index (χ2n) is 4.69. The molecule has 0 saturated heterocycles. The summed E-state index contributed by atoms with van der Waals surface area (Å²) in [4.78, 5) is 11.8. The summed E-state index contributed by atoms with van der Waals surface area (Å²) >= 11 is 1.00. The Morgan fingerprint density at radius 3 is 2.80 bits per heavy atom. The average molecular weight is 290 g/mol. The van der Waals surface area contributed by atoms with E-state index in [1.165, 1.54) is 10.8 Å². The summed E-state index contributed by atoms with van der Waals surface area (Å²) in [7, 11) is 0. The Labute approximate surface area is 123 Å². The molecule has 20 heavy (non-hydrogen) atoms. The minimum atomic E-state index is -0.239. The van der Waals surface area contributed by atoms with Crippen molar-refractivity contribution < 1.29 is 14.1 Å². The second kappa shape index (κ2) is 7.31. The molecule has 0 aromatic heterocycles. The van der Waals surface area contributed by atoms with E-state index in [-0.39, 0.29) is 18.5 Å². The minimum absolute atomic E-state index is 0.00957. The van der Waals surface area contributed by atoms with Gasteiger partial charge in [-0.15, -0.1) is 0 Å². The van der Waals surface area contributed by atoms with Crippen molar-refractivity contribution in [2.75, 3.05) is 12.4 Å². The normalized spacial score (nSPS) is 12.3.